The lowest BCUT2D eigenvalue weighted by Crippen LogP contribution is -2.36. The second kappa shape index (κ2) is 8.60. The molecule has 1 aliphatic heterocycles. The molecular formula is C17H30N2O5. The standard InChI is InChI=1S/C17H30N2O5/c1-11(2)7-17(3,4)12(16(23)18-5)8-19(10-21)15-6-13(22)14(9-20)24-15/h8,10-11,13-15,20,22H,6-7,9H2,1-5H3,(H,18,23)/b12-8+/t13?,14?,15-/m1/s1. The Morgan fingerprint density at radius 3 is 2.50 bits per heavy atom. The summed E-state index contributed by atoms with van der Waals surface area (Å²) in [6.07, 6.45) is 0.750. The molecule has 0 aromatic carbocycles. The average Bonchev–Trinajstić information content (AvgIpc) is 2.86. The Kier molecular flexibility index (Phi) is 7.38. The van der Waals surface area contributed by atoms with Gasteiger partial charge >= 0.3 is 0 Å². The molecule has 0 saturated carbocycles. The van der Waals surface area contributed by atoms with E-state index in [0.717, 1.165) is 6.42 Å². The van der Waals surface area contributed by atoms with Crippen molar-refractivity contribution in [2.45, 2.75) is 59.0 Å². The van der Waals surface area contributed by atoms with Crippen LogP contribution in [0.5, 0.6) is 0 Å². The van der Waals surface area contributed by atoms with Crippen LogP contribution in [0.15, 0.2) is 11.8 Å². The first-order valence-corrected chi connectivity index (χ1v) is 8.27. The SMILES string of the molecule is CNC(=O)/C(=C\N(C=O)[C@H]1CC(O)C(CO)O1)C(C)(C)CC(C)C. The van der Waals surface area contributed by atoms with E-state index in [2.05, 4.69) is 19.2 Å². The summed E-state index contributed by atoms with van der Waals surface area (Å²) in [7, 11) is 1.55. The minimum Gasteiger partial charge on any atom is -0.394 e. The van der Waals surface area contributed by atoms with Gasteiger partial charge in [0.05, 0.1) is 12.7 Å². The average molecular weight is 342 g/mol. The normalized spacial score (nSPS) is 25.0. The molecular weight excluding hydrogens is 312 g/mol. The largest absolute Gasteiger partial charge is 0.394 e. The molecule has 1 rings (SSSR count). The maximum atomic E-state index is 12.3. The highest BCUT2D eigenvalue weighted by atomic mass is 16.5. The fourth-order valence-corrected chi connectivity index (χ4v) is 3.20. The number of carbonyl (C=O) groups is 2. The van der Waals surface area contributed by atoms with E-state index in [0.29, 0.717) is 17.9 Å². The fourth-order valence-electron chi connectivity index (χ4n) is 3.20. The highest BCUT2D eigenvalue weighted by Crippen LogP contribution is 2.34. The molecule has 3 N–H and O–H groups in total. The third-order valence-corrected chi connectivity index (χ3v) is 4.24. The van der Waals surface area contributed by atoms with Crippen molar-refractivity contribution in [3.05, 3.63) is 11.8 Å². The van der Waals surface area contributed by atoms with Crippen LogP contribution < -0.4 is 5.32 Å². The lowest BCUT2D eigenvalue weighted by Gasteiger charge is -2.31. The van der Waals surface area contributed by atoms with Gasteiger partial charge in [-0.05, 0) is 17.8 Å². The number of amides is 2. The van der Waals surface area contributed by atoms with Gasteiger partial charge in [0.25, 0.3) is 0 Å². The Labute approximate surface area is 143 Å². The number of likely N-dealkylation sites (N-methyl/N-ethyl adjacent to an activating group) is 1. The van der Waals surface area contributed by atoms with Crippen LogP contribution in [0.3, 0.4) is 0 Å². The van der Waals surface area contributed by atoms with E-state index in [1.165, 1.54) is 11.1 Å². The topological polar surface area (TPSA) is 99.1 Å². The third-order valence-electron chi connectivity index (χ3n) is 4.24. The van der Waals surface area contributed by atoms with Gasteiger partial charge in [0, 0.05) is 25.2 Å². The van der Waals surface area contributed by atoms with Gasteiger partial charge in [0.15, 0.2) is 0 Å². The summed E-state index contributed by atoms with van der Waals surface area (Å²) in [6, 6.07) is 0. The maximum Gasteiger partial charge on any atom is 0.248 e. The summed E-state index contributed by atoms with van der Waals surface area (Å²) in [5.74, 6) is 0.116. The summed E-state index contributed by atoms with van der Waals surface area (Å²) in [5, 5.41) is 21.6. The summed E-state index contributed by atoms with van der Waals surface area (Å²) >= 11 is 0. The summed E-state index contributed by atoms with van der Waals surface area (Å²) in [6.45, 7) is 7.73. The smallest absolute Gasteiger partial charge is 0.248 e. The molecule has 2 unspecified atom stereocenters. The third kappa shape index (κ3) is 5.03. The van der Waals surface area contributed by atoms with Crippen LogP contribution in [-0.2, 0) is 14.3 Å². The molecule has 1 aliphatic rings. The number of ether oxygens (including phenoxy) is 1. The van der Waals surface area contributed by atoms with Crippen molar-refractivity contribution in [1.82, 2.24) is 10.2 Å². The van der Waals surface area contributed by atoms with Crippen molar-refractivity contribution < 1.29 is 24.5 Å². The number of hydrogen-bond donors (Lipinski definition) is 3. The molecule has 0 aliphatic carbocycles. The molecule has 1 saturated heterocycles. The second-order valence-corrected chi connectivity index (χ2v) is 7.27. The lowest BCUT2D eigenvalue weighted by atomic mass is 9.77. The van der Waals surface area contributed by atoms with Crippen molar-refractivity contribution in [1.29, 1.82) is 0 Å². The molecule has 2 amide bonds. The number of nitrogens with zero attached hydrogens (tertiary/aromatic N) is 1. The van der Waals surface area contributed by atoms with Crippen LogP contribution >= 0.6 is 0 Å². The molecule has 1 heterocycles. The Balaban J connectivity index is 3.11. The molecule has 0 radical (unpaired) electrons. The zero-order valence-corrected chi connectivity index (χ0v) is 15.2. The number of hydrogen-bond acceptors (Lipinski definition) is 5. The van der Waals surface area contributed by atoms with Gasteiger partial charge in [0.1, 0.15) is 12.3 Å². The summed E-state index contributed by atoms with van der Waals surface area (Å²) < 4.78 is 5.50. The van der Waals surface area contributed by atoms with Gasteiger partial charge in [-0.15, -0.1) is 0 Å². The van der Waals surface area contributed by atoms with Crippen molar-refractivity contribution in [2.75, 3.05) is 13.7 Å². The first-order valence-electron chi connectivity index (χ1n) is 8.27. The molecule has 24 heavy (non-hydrogen) atoms. The Bertz CT molecular complexity index is 476. The van der Waals surface area contributed by atoms with Gasteiger partial charge in [0.2, 0.25) is 12.3 Å². The van der Waals surface area contributed by atoms with Gasteiger partial charge in [-0.25, -0.2) is 0 Å². The fraction of sp³-hybridized carbons (Fsp3) is 0.765. The summed E-state index contributed by atoms with van der Waals surface area (Å²) in [4.78, 5) is 25.1. The van der Waals surface area contributed by atoms with E-state index >= 15 is 0 Å². The molecule has 0 spiro atoms. The minimum atomic E-state index is -0.844. The monoisotopic (exact) mass is 342 g/mol. The minimum absolute atomic E-state index is 0.187. The first kappa shape index (κ1) is 20.6. The second-order valence-electron chi connectivity index (χ2n) is 7.27. The lowest BCUT2D eigenvalue weighted by molar-refractivity contribution is -0.128. The van der Waals surface area contributed by atoms with E-state index in [-0.39, 0.29) is 18.9 Å². The first-order chi connectivity index (χ1) is 11.2. The van der Waals surface area contributed by atoms with Crippen LogP contribution in [0.4, 0.5) is 0 Å². The molecule has 3 atom stereocenters. The van der Waals surface area contributed by atoms with Crippen molar-refractivity contribution >= 4 is 12.3 Å². The van der Waals surface area contributed by atoms with Gasteiger partial charge in [-0.3, -0.25) is 14.5 Å². The van der Waals surface area contributed by atoms with Crippen LogP contribution in [-0.4, -0.2) is 59.5 Å². The molecule has 1 fully saturated rings. The van der Waals surface area contributed by atoms with Gasteiger partial charge < -0.3 is 20.3 Å². The molecule has 0 aromatic rings. The van der Waals surface area contributed by atoms with E-state index < -0.39 is 23.9 Å². The molecule has 138 valence electrons. The number of nitrogens with one attached hydrogen (secondary N) is 1. The van der Waals surface area contributed by atoms with Crippen LogP contribution in [0.2, 0.25) is 0 Å². The van der Waals surface area contributed by atoms with E-state index in [1.807, 2.05) is 13.8 Å². The summed E-state index contributed by atoms with van der Waals surface area (Å²) in [5.41, 5.74) is 0.0275. The van der Waals surface area contributed by atoms with E-state index in [9.17, 15) is 19.8 Å². The Hall–Kier alpha value is -1.44. The van der Waals surface area contributed by atoms with Gasteiger partial charge in [-0.2, -0.15) is 0 Å². The number of aliphatic hydroxyl groups excluding tert-OH is 2. The van der Waals surface area contributed by atoms with Crippen LogP contribution in [0, 0.1) is 11.3 Å². The number of rotatable bonds is 8. The molecule has 7 nitrogen and oxygen atoms in total. The molecule has 0 bridgehead atoms. The predicted octanol–water partition coefficient (Wildman–Crippen LogP) is 0.615. The maximum absolute atomic E-state index is 12.3. The zero-order valence-electron chi connectivity index (χ0n) is 15.2. The van der Waals surface area contributed by atoms with Crippen LogP contribution in [0.25, 0.3) is 0 Å². The molecule has 7 heteroatoms. The highest BCUT2D eigenvalue weighted by Gasteiger charge is 2.37. The van der Waals surface area contributed by atoms with E-state index in [1.54, 1.807) is 7.05 Å². The van der Waals surface area contributed by atoms with E-state index in [4.69, 9.17) is 4.74 Å². The Morgan fingerprint density at radius 1 is 1.46 bits per heavy atom. The van der Waals surface area contributed by atoms with Gasteiger partial charge in [-0.1, -0.05) is 27.7 Å². The molecule has 0 aromatic heterocycles. The van der Waals surface area contributed by atoms with Crippen molar-refractivity contribution in [2.24, 2.45) is 11.3 Å². The highest BCUT2D eigenvalue weighted by molar-refractivity contribution is 5.94. The number of carbonyl (C=O) groups excluding carboxylic acids is 2. The Morgan fingerprint density at radius 2 is 2.08 bits per heavy atom. The van der Waals surface area contributed by atoms with Crippen molar-refractivity contribution in [3.63, 3.8) is 0 Å². The zero-order chi connectivity index (χ0) is 18.5. The quantitative estimate of drug-likeness (QED) is 0.443. The predicted molar refractivity (Wildman–Crippen MR) is 89.7 cm³/mol. The van der Waals surface area contributed by atoms with Crippen LogP contribution in [0.1, 0.15) is 40.5 Å². The van der Waals surface area contributed by atoms with Crippen molar-refractivity contribution in [3.8, 4) is 0 Å². The number of aliphatic hydroxyl groups is 2.